The molecular formula is C18H18ClF2N3O3. The smallest absolute Gasteiger partial charge is 0.420 e. The summed E-state index contributed by atoms with van der Waals surface area (Å²) < 4.78 is 29.4. The summed E-state index contributed by atoms with van der Waals surface area (Å²) >= 11 is 4.70. The molecule has 144 valence electrons. The Kier molecular flexibility index (Phi) is 4.96. The Labute approximate surface area is 159 Å². The molecule has 1 aliphatic rings. The minimum Gasteiger partial charge on any atom is -0.420 e. The van der Waals surface area contributed by atoms with E-state index in [9.17, 15) is 18.7 Å². The molecule has 9 heteroatoms. The molecule has 1 aliphatic heterocycles. The van der Waals surface area contributed by atoms with Crippen molar-refractivity contribution in [1.29, 1.82) is 0 Å². The van der Waals surface area contributed by atoms with Crippen molar-refractivity contribution in [2.45, 2.75) is 25.0 Å². The largest absolute Gasteiger partial charge is 0.487 e. The number of carbonyl (C=O) groups excluding carboxylic acids is 1. The number of amides is 1. The average Bonchev–Trinajstić information content (AvgIpc) is 2.53. The number of aromatic nitrogens is 1. The second-order valence-electron chi connectivity index (χ2n) is 6.74. The molecule has 1 amide bonds. The third-order valence-electron chi connectivity index (χ3n) is 4.02. The fraction of sp³-hybridized carbons (Fsp3) is 0.333. The van der Waals surface area contributed by atoms with Gasteiger partial charge in [-0.3, -0.25) is 4.79 Å². The Hall–Kier alpha value is -2.45. The van der Waals surface area contributed by atoms with Gasteiger partial charge in [0.05, 0.1) is 11.2 Å². The number of aliphatic hydroxyl groups is 1. The molecule has 0 spiro atoms. The predicted molar refractivity (Wildman–Crippen MR) is 97.6 cm³/mol. The van der Waals surface area contributed by atoms with Crippen molar-refractivity contribution < 1.29 is 23.4 Å². The number of β-amino-alcohol motifs (C(OH)–C–C–N with tert-alkyl or cyclic N) is 1. The summed E-state index contributed by atoms with van der Waals surface area (Å²) in [6, 6.07) is 7.10. The molecule has 0 bridgehead atoms. The Morgan fingerprint density at radius 1 is 1.37 bits per heavy atom. The Morgan fingerprint density at radius 2 is 2.00 bits per heavy atom. The molecular weight excluding hydrogens is 380 g/mol. The maximum atomic E-state index is 12.6. The lowest BCUT2D eigenvalue weighted by Crippen LogP contribution is -2.60. The number of halogens is 3. The highest BCUT2D eigenvalue weighted by molar-refractivity contribution is 6.20. The van der Waals surface area contributed by atoms with Crippen molar-refractivity contribution in [3.05, 3.63) is 47.7 Å². The molecule has 0 radical (unpaired) electrons. The molecule has 1 aromatic heterocycles. The molecule has 6 nitrogen and oxygen atoms in total. The predicted octanol–water partition coefficient (Wildman–Crippen LogP) is 3.38. The first-order chi connectivity index (χ1) is 12.5. The van der Waals surface area contributed by atoms with Crippen LogP contribution in [0.4, 0.5) is 20.3 Å². The molecule has 2 heterocycles. The van der Waals surface area contributed by atoms with Crippen LogP contribution in [0.1, 0.15) is 22.8 Å². The van der Waals surface area contributed by atoms with Crippen molar-refractivity contribution >= 4 is 29.0 Å². The number of carbonyl (C=O) groups is 1. The third kappa shape index (κ3) is 4.84. The minimum absolute atomic E-state index is 0.125. The number of aryl methyl sites for hydroxylation is 1. The van der Waals surface area contributed by atoms with E-state index in [1.165, 1.54) is 30.5 Å². The second kappa shape index (κ2) is 6.94. The van der Waals surface area contributed by atoms with Gasteiger partial charge < -0.3 is 20.1 Å². The lowest BCUT2D eigenvalue weighted by Gasteiger charge is -2.45. The maximum Gasteiger partial charge on any atom is 0.487 e. The summed E-state index contributed by atoms with van der Waals surface area (Å²) in [5, 5.41) is 12.5. The van der Waals surface area contributed by atoms with Gasteiger partial charge in [0.2, 0.25) is 0 Å². The molecule has 1 saturated heterocycles. The molecule has 0 saturated carbocycles. The van der Waals surface area contributed by atoms with E-state index >= 15 is 0 Å². The first-order valence-corrected chi connectivity index (χ1v) is 8.51. The van der Waals surface area contributed by atoms with Crippen LogP contribution < -0.4 is 15.0 Å². The lowest BCUT2D eigenvalue weighted by molar-refractivity contribution is -0.0964. The zero-order valence-corrected chi connectivity index (χ0v) is 15.4. The summed E-state index contributed by atoms with van der Waals surface area (Å²) in [6.45, 7) is 4.57. The fourth-order valence-corrected chi connectivity index (χ4v) is 2.98. The number of ether oxygens (including phenoxy) is 1. The Morgan fingerprint density at radius 3 is 2.52 bits per heavy atom. The average molecular weight is 398 g/mol. The molecule has 2 aromatic rings. The van der Waals surface area contributed by atoms with E-state index in [0.717, 1.165) is 11.4 Å². The van der Waals surface area contributed by atoms with Crippen molar-refractivity contribution in [3.63, 3.8) is 0 Å². The standard InChI is InChI=1S/C18H18ClF2N3O3/c1-11-7-12(8-22-15(11)24-9-17(2,26)10-24)16(25)23-13-3-5-14(6-4-13)27-18(19,20)21/h3-8,26H,9-10H2,1-2H3,(H,23,25). The van der Waals surface area contributed by atoms with Gasteiger partial charge in [0.15, 0.2) is 0 Å². The van der Waals surface area contributed by atoms with E-state index in [2.05, 4.69) is 15.0 Å². The minimum atomic E-state index is -3.79. The number of benzene rings is 1. The number of nitrogens with one attached hydrogen (secondary N) is 1. The normalized spacial score (nSPS) is 15.9. The van der Waals surface area contributed by atoms with Gasteiger partial charge in [-0.15, -0.1) is 8.78 Å². The summed E-state index contributed by atoms with van der Waals surface area (Å²) in [7, 11) is 0. The summed E-state index contributed by atoms with van der Waals surface area (Å²) in [4.78, 5) is 18.6. The number of rotatable bonds is 5. The highest BCUT2D eigenvalue weighted by Gasteiger charge is 2.37. The van der Waals surface area contributed by atoms with Gasteiger partial charge in [0, 0.05) is 36.6 Å². The number of anilines is 2. The van der Waals surface area contributed by atoms with E-state index in [0.29, 0.717) is 24.3 Å². The van der Waals surface area contributed by atoms with Crippen LogP contribution >= 0.6 is 11.6 Å². The van der Waals surface area contributed by atoms with Gasteiger partial charge in [-0.1, -0.05) is 0 Å². The Balaban J connectivity index is 1.65. The molecule has 27 heavy (non-hydrogen) atoms. The van der Waals surface area contributed by atoms with E-state index in [4.69, 9.17) is 11.6 Å². The van der Waals surface area contributed by atoms with Crippen LogP contribution in [0.15, 0.2) is 36.5 Å². The fourth-order valence-electron chi connectivity index (χ4n) is 2.89. The van der Waals surface area contributed by atoms with Gasteiger partial charge in [0.25, 0.3) is 5.91 Å². The van der Waals surface area contributed by atoms with Crippen LogP contribution in [-0.2, 0) is 0 Å². The van der Waals surface area contributed by atoms with E-state index in [-0.39, 0.29) is 11.7 Å². The van der Waals surface area contributed by atoms with Gasteiger partial charge >= 0.3 is 5.57 Å². The van der Waals surface area contributed by atoms with Crippen LogP contribution in [-0.4, -0.2) is 40.3 Å². The Bertz CT molecular complexity index is 846. The first-order valence-electron chi connectivity index (χ1n) is 8.14. The topological polar surface area (TPSA) is 74.7 Å². The van der Waals surface area contributed by atoms with E-state index < -0.39 is 11.2 Å². The summed E-state index contributed by atoms with van der Waals surface area (Å²) in [6.07, 6.45) is 1.45. The molecule has 3 rings (SSSR count). The lowest BCUT2D eigenvalue weighted by atomic mass is 9.96. The number of pyridine rings is 1. The van der Waals surface area contributed by atoms with Gasteiger partial charge in [-0.25, -0.2) is 4.98 Å². The molecule has 1 aromatic carbocycles. The third-order valence-corrected chi connectivity index (χ3v) is 4.10. The highest BCUT2D eigenvalue weighted by Crippen LogP contribution is 2.29. The number of hydrogen-bond donors (Lipinski definition) is 2. The monoisotopic (exact) mass is 397 g/mol. The van der Waals surface area contributed by atoms with Crippen molar-refractivity contribution in [1.82, 2.24) is 4.98 Å². The van der Waals surface area contributed by atoms with E-state index in [1.807, 2.05) is 11.8 Å². The van der Waals surface area contributed by atoms with Crippen molar-refractivity contribution in [2.75, 3.05) is 23.3 Å². The van der Waals surface area contributed by atoms with Crippen molar-refractivity contribution in [3.8, 4) is 5.75 Å². The van der Waals surface area contributed by atoms with Crippen molar-refractivity contribution in [2.24, 2.45) is 0 Å². The van der Waals surface area contributed by atoms with E-state index in [1.54, 1.807) is 13.0 Å². The summed E-state index contributed by atoms with van der Waals surface area (Å²) in [5.41, 5.74) is -2.93. The molecule has 1 fully saturated rings. The zero-order chi connectivity index (χ0) is 19.8. The van der Waals surface area contributed by atoms with Crippen LogP contribution in [0.5, 0.6) is 5.75 Å². The van der Waals surface area contributed by atoms with Crippen LogP contribution in [0, 0.1) is 6.92 Å². The molecule has 0 unspecified atom stereocenters. The SMILES string of the molecule is Cc1cc(C(=O)Nc2ccc(OC(F)(F)Cl)cc2)cnc1N1CC(C)(O)C1. The van der Waals surface area contributed by atoms with Gasteiger partial charge in [0.1, 0.15) is 11.6 Å². The van der Waals surface area contributed by atoms with Crippen LogP contribution in [0.25, 0.3) is 0 Å². The van der Waals surface area contributed by atoms with Crippen LogP contribution in [0.3, 0.4) is 0 Å². The zero-order valence-electron chi connectivity index (χ0n) is 14.7. The summed E-state index contributed by atoms with van der Waals surface area (Å²) in [5.74, 6) is 0.214. The first kappa shape index (κ1) is 19.3. The van der Waals surface area contributed by atoms with Gasteiger partial charge in [-0.2, -0.15) is 0 Å². The quantitative estimate of drug-likeness (QED) is 0.756. The van der Waals surface area contributed by atoms with Gasteiger partial charge in [-0.05, 0) is 49.7 Å². The van der Waals surface area contributed by atoms with Crippen LogP contribution in [0.2, 0.25) is 0 Å². The number of nitrogens with zero attached hydrogens (tertiary/aromatic N) is 2. The number of alkyl halides is 3. The molecule has 2 N–H and O–H groups in total. The second-order valence-corrected chi connectivity index (χ2v) is 7.18. The molecule has 0 atom stereocenters. The highest BCUT2D eigenvalue weighted by atomic mass is 35.5. The molecule has 0 aliphatic carbocycles. The maximum absolute atomic E-state index is 12.6. The number of hydrogen-bond acceptors (Lipinski definition) is 5.